The predicted molar refractivity (Wildman–Crippen MR) is 178 cm³/mol. The highest BCUT2D eigenvalue weighted by molar-refractivity contribution is 6.30. The van der Waals surface area contributed by atoms with E-state index in [1.54, 1.807) is 6.07 Å². The first-order valence-corrected chi connectivity index (χ1v) is 16.2. The number of benzene rings is 3. The van der Waals surface area contributed by atoms with Crippen LogP contribution in [0.2, 0.25) is 5.15 Å². The molecule has 0 saturated carbocycles. The second kappa shape index (κ2) is 14.8. The molecule has 0 amide bonds. The summed E-state index contributed by atoms with van der Waals surface area (Å²) in [6, 6.07) is 24.1. The smallest absolute Gasteiger partial charge is 0.338 e. The van der Waals surface area contributed by atoms with Crippen molar-refractivity contribution in [1.82, 2.24) is 40.0 Å². The van der Waals surface area contributed by atoms with Gasteiger partial charge in [-0.25, -0.2) is 9.78 Å². The van der Waals surface area contributed by atoms with Crippen LogP contribution in [0.4, 0.5) is 0 Å². The molecule has 0 atom stereocenters. The van der Waals surface area contributed by atoms with Crippen LogP contribution in [0.5, 0.6) is 0 Å². The Kier molecular flexibility index (Phi) is 10.2. The van der Waals surface area contributed by atoms with E-state index in [2.05, 4.69) is 79.3 Å². The maximum Gasteiger partial charge on any atom is 0.338 e. The first-order chi connectivity index (χ1) is 22.5. The number of piperazine rings is 1. The summed E-state index contributed by atoms with van der Waals surface area (Å²) in [7, 11) is 2.15. The van der Waals surface area contributed by atoms with Crippen LogP contribution in [-0.4, -0.2) is 79.2 Å². The molecule has 46 heavy (non-hydrogen) atoms. The van der Waals surface area contributed by atoms with E-state index in [1.165, 1.54) is 0 Å². The molecule has 0 unspecified atom stereocenters. The van der Waals surface area contributed by atoms with Crippen molar-refractivity contribution in [3.05, 3.63) is 106 Å². The molecule has 0 bridgehead atoms. The maximum atomic E-state index is 13.2. The molecule has 1 aliphatic rings. The molecule has 6 rings (SSSR count). The summed E-state index contributed by atoms with van der Waals surface area (Å²) < 4.78 is 7.95. The number of rotatable bonds is 12. The number of nitrogens with one attached hydrogen (secondary N) is 1. The van der Waals surface area contributed by atoms with Crippen LogP contribution in [0.3, 0.4) is 0 Å². The van der Waals surface area contributed by atoms with Gasteiger partial charge in [-0.2, -0.15) is 5.21 Å². The van der Waals surface area contributed by atoms with E-state index in [-0.39, 0.29) is 12.6 Å². The highest BCUT2D eigenvalue weighted by Gasteiger charge is 2.20. The Labute approximate surface area is 274 Å². The molecule has 1 saturated heterocycles. The number of unbranched alkanes of at least 4 members (excludes halogenated alkanes) is 1. The van der Waals surface area contributed by atoms with Gasteiger partial charge >= 0.3 is 5.97 Å². The third-order valence-electron chi connectivity index (χ3n) is 8.48. The molecular weight excluding hydrogens is 600 g/mol. The number of carbonyl (C=O) groups excluding carboxylic acids is 1. The fraction of sp³-hybridized carbons (Fsp3) is 0.343. The van der Waals surface area contributed by atoms with Crippen LogP contribution in [0.15, 0.2) is 72.8 Å². The second-order valence-electron chi connectivity index (χ2n) is 11.8. The van der Waals surface area contributed by atoms with Crippen LogP contribution in [-0.2, 0) is 30.9 Å². The van der Waals surface area contributed by atoms with Gasteiger partial charge in [-0.15, -0.1) is 10.2 Å². The molecular formula is C35H39ClN8O2. The Bertz CT molecular complexity index is 1750. The first kappa shape index (κ1) is 31.6. The Hall–Kier alpha value is -4.38. The highest BCUT2D eigenvalue weighted by atomic mass is 35.5. The second-order valence-corrected chi connectivity index (χ2v) is 12.1. The van der Waals surface area contributed by atoms with Crippen molar-refractivity contribution in [2.24, 2.45) is 0 Å². The fourth-order valence-corrected chi connectivity index (χ4v) is 6.07. The Balaban J connectivity index is 1.17. The number of H-pyrrole nitrogens is 1. The van der Waals surface area contributed by atoms with Crippen LogP contribution in [0.25, 0.3) is 22.5 Å². The van der Waals surface area contributed by atoms with Gasteiger partial charge in [0.15, 0.2) is 5.15 Å². The molecule has 5 aromatic rings. The third kappa shape index (κ3) is 7.52. The number of aromatic amines is 1. The summed E-state index contributed by atoms with van der Waals surface area (Å²) in [6.07, 6.45) is 2.81. The Morgan fingerprint density at radius 2 is 1.72 bits per heavy atom. The fourth-order valence-electron chi connectivity index (χ4n) is 5.81. The number of likely N-dealkylation sites (N-methyl/N-ethyl adjacent to an activating group) is 1. The number of imidazole rings is 1. The van der Waals surface area contributed by atoms with Crippen LogP contribution < -0.4 is 0 Å². The number of hydrogen-bond acceptors (Lipinski definition) is 8. The Morgan fingerprint density at radius 1 is 0.935 bits per heavy atom. The zero-order chi connectivity index (χ0) is 31.9. The van der Waals surface area contributed by atoms with Crippen molar-refractivity contribution in [3.63, 3.8) is 0 Å². The first-order valence-electron chi connectivity index (χ1n) is 15.8. The van der Waals surface area contributed by atoms with Crippen LogP contribution in [0, 0.1) is 0 Å². The number of hydrogen-bond donors (Lipinski definition) is 1. The highest BCUT2D eigenvalue weighted by Crippen LogP contribution is 2.30. The lowest BCUT2D eigenvalue weighted by Gasteiger charge is -2.32. The zero-order valence-corrected chi connectivity index (χ0v) is 27.1. The quantitative estimate of drug-likeness (QED) is 0.169. The molecule has 10 nitrogen and oxygen atoms in total. The van der Waals surface area contributed by atoms with E-state index in [0.717, 1.165) is 85.6 Å². The van der Waals surface area contributed by atoms with Gasteiger partial charge in [0.05, 0.1) is 11.3 Å². The third-order valence-corrected chi connectivity index (χ3v) is 8.78. The minimum Gasteiger partial charge on any atom is -0.456 e. The molecule has 0 aliphatic carbocycles. The molecule has 3 aromatic carbocycles. The van der Waals surface area contributed by atoms with Gasteiger partial charge in [-0.3, -0.25) is 4.90 Å². The predicted octanol–water partition coefficient (Wildman–Crippen LogP) is 5.88. The van der Waals surface area contributed by atoms with Gasteiger partial charge in [0.1, 0.15) is 12.4 Å². The number of esters is 1. The average Bonchev–Trinajstić information content (AvgIpc) is 3.72. The summed E-state index contributed by atoms with van der Waals surface area (Å²) in [5.41, 5.74) is 6.39. The van der Waals surface area contributed by atoms with Gasteiger partial charge in [-0.05, 0) is 53.1 Å². The van der Waals surface area contributed by atoms with Crippen molar-refractivity contribution < 1.29 is 9.53 Å². The molecule has 238 valence electrons. The van der Waals surface area contributed by atoms with Crippen LogP contribution in [0.1, 0.15) is 52.8 Å². The van der Waals surface area contributed by atoms with Crippen molar-refractivity contribution >= 4 is 17.6 Å². The number of aromatic nitrogens is 6. The van der Waals surface area contributed by atoms with Gasteiger partial charge in [0, 0.05) is 51.3 Å². The van der Waals surface area contributed by atoms with E-state index >= 15 is 0 Å². The standard InChI is InChI=1S/C35H39ClN8O2/c1-3-4-12-32-37-33(36)31(24-46-35(45)28-9-7-8-26(21-28)22-43-19-17-42(2)18-20-43)44(32)23-25-13-15-27(16-14-25)29-10-5-6-11-30(29)34-38-40-41-39-34/h5-11,13-16,21H,3-4,12,17-20,22-24H2,1-2H3,(H,38,39,40,41). The lowest BCUT2D eigenvalue weighted by atomic mass is 9.98. The number of tetrazole rings is 1. The summed E-state index contributed by atoms with van der Waals surface area (Å²) >= 11 is 6.69. The summed E-state index contributed by atoms with van der Waals surface area (Å²) in [5.74, 6) is 1.07. The maximum absolute atomic E-state index is 13.2. The number of aryl methyl sites for hydroxylation is 1. The average molecular weight is 639 g/mol. The van der Waals surface area contributed by atoms with Crippen molar-refractivity contribution in [3.8, 4) is 22.5 Å². The number of halogens is 1. The molecule has 0 spiro atoms. The number of ether oxygens (including phenoxy) is 1. The summed E-state index contributed by atoms with van der Waals surface area (Å²) in [5, 5.41) is 14.9. The molecule has 3 heterocycles. The minimum absolute atomic E-state index is 0.0373. The summed E-state index contributed by atoms with van der Waals surface area (Å²) in [4.78, 5) is 22.7. The van der Waals surface area contributed by atoms with E-state index in [0.29, 0.717) is 28.8 Å². The summed E-state index contributed by atoms with van der Waals surface area (Å²) in [6.45, 7) is 7.70. The van der Waals surface area contributed by atoms with Gasteiger partial charge < -0.3 is 14.2 Å². The van der Waals surface area contributed by atoms with Crippen molar-refractivity contribution in [2.45, 2.75) is 45.9 Å². The lowest BCUT2D eigenvalue weighted by molar-refractivity contribution is 0.0463. The SMILES string of the molecule is CCCCc1nc(Cl)c(COC(=O)c2cccc(CN3CCN(C)CC3)c2)n1Cc1ccc(-c2ccccc2-c2nn[nH]n2)cc1. The van der Waals surface area contributed by atoms with E-state index in [4.69, 9.17) is 21.3 Å². The van der Waals surface area contributed by atoms with Gasteiger partial charge in [0.2, 0.25) is 5.82 Å². The molecule has 1 fully saturated rings. The van der Waals surface area contributed by atoms with Crippen LogP contribution >= 0.6 is 11.6 Å². The topological polar surface area (TPSA) is 105 Å². The monoisotopic (exact) mass is 638 g/mol. The normalized spacial score (nSPS) is 14.1. The zero-order valence-electron chi connectivity index (χ0n) is 26.3. The van der Waals surface area contributed by atoms with E-state index in [1.807, 2.05) is 36.4 Å². The lowest BCUT2D eigenvalue weighted by Crippen LogP contribution is -2.43. The Morgan fingerprint density at radius 3 is 2.46 bits per heavy atom. The molecule has 1 aliphatic heterocycles. The van der Waals surface area contributed by atoms with Gasteiger partial charge in [0.25, 0.3) is 0 Å². The van der Waals surface area contributed by atoms with E-state index in [9.17, 15) is 4.79 Å². The molecule has 2 aromatic heterocycles. The molecule has 1 N–H and O–H groups in total. The number of carbonyl (C=O) groups is 1. The number of nitrogens with zero attached hydrogens (tertiary/aromatic N) is 7. The minimum atomic E-state index is -0.372. The molecule has 11 heteroatoms. The van der Waals surface area contributed by atoms with Crippen molar-refractivity contribution in [2.75, 3.05) is 33.2 Å². The van der Waals surface area contributed by atoms with E-state index < -0.39 is 0 Å². The van der Waals surface area contributed by atoms with Crippen molar-refractivity contribution in [1.29, 1.82) is 0 Å². The largest absolute Gasteiger partial charge is 0.456 e. The van der Waals surface area contributed by atoms with Gasteiger partial charge in [-0.1, -0.05) is 85.6 Å². The molecule has 0 radical (unpaired) electrons.